The van der Waals surface area contributed by atoms with Crippen LogP contribution < -0.4 is 10.2 Å². The number of hydrogen-bond donors (Lipinski definition) is 1. The van der Waals surface area contributed by atoms with Gasteiger partial charge < -0.3 is 15.0 Å². The fourth-order valence-corrected chi connectivity index (χ4v) is 2.70. The lowest BCUT2D eigenvalue weighted by Crippen LogP contribution is -2.50. The van der Waals surface area contributed by atoms with Crippen LogP contribution in [0, 0.1) is 0 Å². The first-order chi connectivity index (χ1) is 9.61. The summed E-state index contributed by atoms with van der Waals surface area (Å²) in [5, 5.41) is 3.79. The summed E-state index contributed by atoms with van der Waals surface area (Å²) in [4.78, 5) is 14.1. The molecular weight excluding hydrogens is 276 g/mol. The van der Waals surface area contributed by atoms with Crippen LogP contribution in [0.15, 0.2) is 24.3 Å². The van der Waals surface area contributed by atoms with E-state index in [2.05, 4.69) is 10.2 Å². The van der Waals surface area contributed by atoms with Gasteiger partial charge in [-0.1, -0.05) is 23.7 Å². The maximum Gasteiger partial charge on any atom is 0.249 e. The average molecular weight is 297 g/mol. The summed E-state index contributed by atoms with van der Waals surface area (Å²) in [6.07, 6.45) is 1.62. The van der Waals surface area contributed by atoms with E-state index in [0.29, 0.717) is 0 Å². The van der Waals surface area contributed by atoms with Gasteiger partial charge in [-0.2, -0.15) is 0 Å². The quantitative estimate of drug-likeness (QED) is 0.928. The first-order valence-corrected chi connectivity index (χ1v) is 7.32. The molecule has 5 heteroatoms. The minimum atomic E-state index is -0.411. The Hall–Kier alpha value is -1.26. The number of nitrogens with zero attached hydrogens (tertiary/aromatic N) is 1. The van der Waals surface area contributed by atoms with Crippen LogP contribution in [0.4, 0.5) is 5.69 Å². The predicted octanol–water partition coefficient (Wildman–Crippen LogP) is 2.46. The number of anilines is 1. The Labute approximate surface area is 125 Å². The van der Waals surface area contributed by atoms with Crippen molar-refractivity contribution in [1.82, 2.24) is 5.32 Å². The number of carbonyl (C=O) groups is 1. The number of amides is 1. The van der Waals surface area contributed by atoms with Crippen LogP contribution >= 0.6 is 11.6 Å². The Morgan fingerprint density at radius 1 is 1.50 bits per heavy atom. The van der Waals surface area contributed by atoms with Crippen molar-refractivity contribution in [3.63, 3.8) is 0 Å². The van der Waals surface area contributed by atoms with Crippen molar-refractivity contribution >= 4 is 23.2 Å². The lowest BCUT2D eigenvalue weighted by atomic mass is 10.0. The van der Waals surface area contributed by atoms with Crippen LogP contribution in [0.5, 0.6) is 0 Å². The molecule has 1 aliphatic heterocycles. The lowest BCUT2D eigenvalue weighted by molar-refractivity contribution is -0.130. The van der Waals surface area contributed by atoms with E-state index in [9.17, 15) is 4.79 Å². The Bertz CT molecular complexity index is 467. The Morgan fingerprint density at radius 2 is 2.25 bits per heavy atom. The topological polar surface area (TPSA) is 41.6 Å². The molecule has 1 aromatic carbocycles. The third kappa shape index (κ3) is 3.64. The third-order valence-corrected chi connectivity index (χ3v) is 4.00. The van der Waals surface area contributed by atoms with Crippen molar-refractivity contribution in [2.75, 3.05) is 25.1 Å². The number of carbonyl (C=O) groups excluding carboxylic acids is 1. The Kier molecular flexibility index (Phi) is 5.26. The molecule has 0 radical (unpaired) electrons. The van der Waals surface area contributed by atoms with Crippen molar-refractivity contribution in [2.45, 2.75) is 31.9 Å². The fraction of sp³-hybridized carbons (Fsp3) is 0.533. The van der Waals surface area contributed by atoms with E-state index in [4.69, 9.17) is 16.3 Å². The van der Waals surface area contributed by atoms with E-state index in [1.54, 1.807) is 14.0 Å². The van der Waals surface area contributed by atoms with Gasteiger partial charge >= 0.3 is 0 Å². The zero-order chi connectivity index (χ0) is 14.5. The molecule has 2 rings (SSSR count). The summed E-state index contributed by atoms with van der Waals surface area (Å²) in [6, 6.07) is 7.97. The second-order valence-corrected chi connectivity index (χ2v) is 5.53. The Morgan fingerprint density at radius 3 is 2.95 bits per heavy atom. The molecule has 1 amide bonds. The summed E-state index contributed by atoms with van der Waals surface area (Å²) in [5.74, 6) is -0.0569. The molecule has 0 aliphatic carbocycles. The molecule has 2 unspecified atom stereocenters. The molecule has 1 fully saturated rings. The first kappa shape index (κ1) is 15.1. The summed E-state index contributed by atoms with van der Waals surface area (Å²) < 4.78 is 5.04. The SMILES string of the molecule is COC(C)C(=O)NC1CCCN(c2ccccc2Cl)C1. The molecule has 1 N–H and O–H groups in total. The largest absolute Gasteiger partial charge is 0.372 e. The molecule has 2 atom stereocenters. The highest BCUT2D eigenvalue weighted by Gasteiger charge is 2.24. The van der Waals surface area contributed by atoms with Crippen LogP contribution in [0.2, 0.25) is 5.02 Å². The number of rotatable bonds is 4. The van der Waals surface area contributed by atoms with E-state index in [0.717, 1.165) is 36.6 Å². The van der Waals surface area contributed by atoms with Crippen LogP contribution in [0.1, 0.15) is 19.8 Å². The molecule has 0 spiro atoms. The van der Waals surface area contributed by atoms with Gasteiger partial charge in [0.05, 0.1) is 10.7 Å². The summed E-state index contributed by atoms with van der Waals surface area (Å²) in [6.45, 7) is 3.51. The number of para-hydroxylation sites is 1. The maximum absolute atomic E-state index is 11.9. The van der Waals surface area contributed by atoms with Crippen LogP contribution in [-0.4, -0.2) is 38.3 Å². The summed E-state index contributed by atoms with van der Waals surface area (Å²) >= 11 is 6.23. The molecule has 1 aromatic rings. The maximum atomic E-state index is 11.9. The number of nitrogens with one attached hydrogen (secondary N) is 1. The van der Waals surface area contributed by atoms with Crippen molar-refractivity contribution in [3.05, 3.63) is 29.3 Å². The van der Waals surface area contributed by atoms with E-state index in [-0.39, 0.29) is 11.9 Å². The van der Waals surface area contributed by atoms with E-state index < -0.39 is 6.10 Å². The van der Waals surface area contributed by atoms with Gasteiger partial charge in [-0.05, 0) is 31.9 Å². The van der Waals surface area contributed by atoms with Gasteiger partial charge in [0.2, 0.25) is 5.91 Å². The van der Waals surface area contributed by atoms with Crippen LogP contribution in [0.3, 0.4) is 0 Å². The molecule has 4 nitrogen and oxygen atoms in total. The van der Waals surface area contributed by atoms with Gasteiger partial charge in [-0.3, -0.25) is 4.79 Å². The van der Waals surface area contributed by atoms with E-state index >= 15 is 0 Å². The molecule has 1 heterocycles. The minimum absolute atomic E-state index is 0.0569. The highest BCUT2D eigenvalue weighted by molar-refractivity contribution is 6.33. The predicted molar refractivity (Wildman–Crippen MR) is 81.3 cm³/mol. The molecule has 0 saturated carbocycles. The smallest absolute Gasteiger partial charge is 0.249 e. The number of halogens is 1. The highest BCUT2D eigenvalue weighted by atomic mass is 35.5. The Balaban J connectivity index is 1.99. The molecule has 1 aliphatic rings. The highest BCUT2D eigenvalue weighted by Crippen LogP contribution is 2.27. The number of ether oxygens (including phenoxy) is 1. The third-order valence-electron chi connectivity index (χ3n) is 3.68. The van der Waals surface area contributed by atoms with Crippen molar-refractivity contribution < 1.29 is 9.53 Å². The van der Waals surface area contributed by atoms with Crippen molar-refractivity contribution in [1.29, 1.82) is 0 Å². The summed E-state index contributed by atoms with van der Waals surface area (Å²) in [7, 11) is 1.54. The standard InChI is InChI=1S/C15H21ClN2O2/c1-11(20-2)15(19)17-12-6-5-9-18(10-12)14-8-4-3-7-13(14)16/h3-4,7-8,11-12H,5-6,9-10H2,1-2H3,(H,17,19). The van der Waals surface area contributed by atoms with Crippen molar-refractivity contribution in [2.24, 2.45) is 0 Å². The van der Waals surface area contributed by atoms with Gasteiger partial charge in [-0.25, -0.2) is 0 Å². The van der Waals surface area contributed by atoms with Gasteiger partial charge in [0.25, 0.3) is 0 Å². The second-order valence-electron chi connectivity index (χ2n) is 5.12. The zero-order valence-corrected chi connectivity index (χ0v) is 12.7. The average Bonchev–Trinajstić information content (AvgIpc) is 2.47. The van der Waals surface area contributed by atoms with Crippen LogP contribution in [0.25, 0.3) is 0 Å². The number of benzene rings is 1. The molecule has 0 bridgehead atoms. The monoisotopic (exact) mass is 296 g/mol. The summed E-state index contributed by atoms with van der Waals surface area (Å²) in [5.41, 5.74) is 1.04. The van der Waals surface area contributed by atoms with Crippen LogP contribution in [-0.2, 0) is 9.53 Å². The molecule has 110 valence electrons. The fourth-order valence-electron chi connectivity index (χ4n) is 2.45. The van der Waals surface area contributed by atoms with E-state index in [1.807, 2.05) is 24.3 Å². The molecule has 1 saturated heterocycles. The van der Waals surface area contributed by atoms with Crippen molar-refractivity contribution in [3.8, 4) is 0 Å². The molecule has 20 heavy (non-hydrogen) atoms. The number of piperidine rings is 1. The first-order valence-electron chi connectivity index (χ1n) is 6.94. The molecular formula is C15H21ClN2O2. The lowest BCUT2D eigenvalue weighted by Gasteiger charge is -2.35. The normalized spacial score (nSPS) is 20.6. The zero-order valence-electron chi connectivity index (χ0n) is 11.9. The van der Waals surface area contributed by atoms with Gasteiger partial charge in [0, 0.05) is 26.2 Å². The minimum Gasteiger partial charge on any atom is -0.372 e. The van der Waals surface area contributed by atoms with Gasteiger partial charge in [-0.15, -0.1) is 0 Å². The number of methoxy groups -OCH3 is 1. The number of hydrogen-bond acceptors (Lipinski definition) is 3. The van der Waals surface area contributed by atoms with E-state index in [1.165, 1.54) is 0 Å². The molecule has 0 aromatic heterocycles. The van der Waals surface area contributed by atoms with Gasteiger partial charge in [0.15, 0.2) is 0 Å². The van der Waals surface area contributed by atoms with Gasteiger partial charge in [0.1, 0.15) is 6.10 Å². The second kappa shape index (κ2) is 6.95.